The Morgan fingerprint density at radius 3 is 2.43 bits per heavy atom. The molecule has 0 aromatic carbocycles. The third-order valence-electron chi connectivity index (χ3n) is 2.63. The highest BCUT2D eigenvalue weighted by atomic mass is 16.5. The number of ether oxygens (including phenoxy) is 1. The van der Waals surface area contributed by atoms with Gasteiger partial charge in [0, 0.05) is 25.7 Å². The Morgan fingerprint density at radius 2 is 1.93 bits per heavy atom. The van der Waals surface area contributed by atoms with Gasteiger partial charge in [-0.3, -0.25) is 4.90 Å². The Hall–Kier alpha value is -0.120. The number of nitrogens with zero attached hydrogens (tertiary/aromatic N) is 1. The molecule has 0 spiro atoms. The average molecular weight is 200 g/mol. The zero-order chi connectivity index (χ0) is 10.6. The van der Waals surface area contributed by atoms with E-state index in [1.165, 1.54) is 0 Å². The molecule has 2 N–H and O–H groups in total. The molecule has 3 nitrogen and oxygen atoms in total. The van der Waals surface area contributed by atoms with Gasteiger partial charge in [0.05, 0.1) is 13.2 Å². The molecule has 0 aromatic rings. The summed E-state index contributed by atoms with van der Waals surface area (Å²) < 4.78 is 5.33. The van der Waals surface area contributed by atoms with E-state index in [9.17, 15) is 0 Å². The van der Waals surface area contributed by atoms with E-state index in [1.807, 2.05) is 0 Å². The van der Waals surface area contributed by atoms with Crippen LogP contribution in [0.1, 0.15) is 27.2 Å². The van der Waals surface area contributed by atoms with Gasteiger partial charge in [0.15, 0.2) is 0 Å². The monoisotopic (exact) mass is 200 g/mol. The Kier molecular flexibility index (Phi) is 4.35. The van der Waals surface area contributed by atoms with Crippen LogP contribution in [-0.4, -0.2) is 43.8 Å². The van der Waals surface area contributed by atoms with E-state index in [0.717, 1.165) is 39.3 Å². The Balaban J connectivity index is 2.32. The standard InChI is InChI=1S/C11H24N2O/c1-10(12)8-11(2,3)9-13-4-6-14-7-5-13/h10H,4-9,12H2,1-3H3. The molecule has 1 fully saturated rings. The van der Waals surface area contributed by atoms with Gasteiger partial charge in [-0.2, -0.15) is 0 Å². The van der Waals surface area contributed by atoms with Crippen LogP contribution in [0.4, 0.5) is 0 Å². The first-order chi connectivity index (χ1) is 6.49. The lowest BCUT2D eigenvalue weighted by atomic mass is 9.85. The number of rotatable bonds is 4. The second kappa shape index (κ2) is 5.10. The quantitative estimate of drug-likeness (QED) is 0.738. The molecule has 0 aromatic heterocycles. The lowest BCUT2D eigenvalue weighted by Crippen LogP contribution is -2.43. The molecule has 0 radical (unpaired) electrons. The molecule has 1 atom stereocenters. The lowest BCUT2D eigenvalue weighted by Gasteiger charge is -2.35. The smallest absolute Gasteiger partial charge is 0.0594 e. The van der Waals surface area contributed by atoms with Crippen LogP contribution in [0.15, 0.2) is 0 Å². The van der Waals surface area contributed by atoms with Crippen LogP contribution in [0.25, 0.3) is 0 Å². The van der Waals surface area contributed by atoms with E-state index in [4.69, 9.17) is 10.5 Å². The highest BCUT2D eigenvalue weighted by Gasteiger charge is 2.24. The van der Waals surface area contributed by atoms with Crippen LogP contribution in [-0.2, 0) is 4.74 Å². The number of morpholine rings is 1. The maximum absolute atomic E-state index is 5.84. The maximum atomic E-state index is 5.84. The van der Waals surface area contributed by atoms with Gasteiger partial charge in [-0.05, 0) is 18.8 Å². The molecule has 3 heteroatoms. The van der Waals surface area contributed by atoms with E-state index >= 15 is 0 Å². The normalized spacial score (nSPS) is 22.3. The molecule has 84 valence electrons. The number of hydrogen-bond donors (Lipinski definition) is 1. The Bertz CT molecular complexity index is 163. The fourth-order valence-electron chi connectivity index (χ4n) is 2.30. The number of hydrogen-bond acceptors (Lipinski definition) is 3. The zero-order valence-electron chi connectivity index (χ0n) is 9.75. The SMILES string of the molecule is CC(N)CC(C)(C)CN1CCOCC1. The van der Waals surface area contributed by atoms with Gasteiger partial charge in [-0.1, -0.05) is 13.8 Å². The second-order valence-electron chi connectivity index (χ2n) is 5.23. The largest absolute Gasteiger partial charge is 0.379 e. The van der Waals surface area contributed by atoms with Crippen LogP contribution in [0.2, 0.25) is 0 Å². The molecule has 0 saturated carbocycles. The van der Waals surface area contributed by atoms with Crippen molar-refractivity contribution in [1.29, 1.82) is 0 Å². The van der Waals surface area contributed by atoms with Crippen LogP contribution in [0.5, 0.6) is 0 Å². The molecule has 1 rings (SSSR count). The predicted molar refractivity (Wildman–Crippen MR) is 59.3 cm³/mol. The van der Waals surface area contributed by atoms with E-state index in [0.29, 0.717) is 11.5 Å². The van der Waals surface area contributed by atoms with Crippen LogP contribution in [0, 0.1) is 5.41 Å². The Morgan fingerprint density at radius 1 is 1.36 bits per heavy atom. The molecule has 1 saturated heterocycles. The van der Waals surface area contributed by atoms with Gasteiger partial charge in [-0.15, -0.1) is 0 Å². The minimum Gasteiger partial charge on any atom is -0.379 e. The molecule has 0 amide bonds. The minimum atomic E-state index is 0.297. The predicted octanol–water partition coefficient (Wildman–Crippen LogP) is 1.08. The summed E-state index contributed by atoms with van der Waals surface area (Å²) in [4.78, 5) is 2.48. The molecule has 14 heavy (non-hydrogen) atoms. The van der Waals surface area contributed by atoms with Crippen LogP contribution < -0.4 is 5.73 Å². The highest BCUT2D eigenvalue weighted by Crippen LogP contribution is 2.23. The van der Waals surface area contributed by atoms with Gasteiger partial charge in [0.1, 0.15) is 0 Å². The zero-order valence-corrected chi connectivity index (χ0v) is 9.75. The highest BCUT2D eigenvalue weighted by molar-refractivity contribution is 4.78. The van der Waals surface area contributed by atoms with E-state index in [-0.39, 0.29) is 0 Å². The third kappa shape index (κ3) is 4.40. The van der Waals surface area contributed by atoms with Gasteiger partial charge in [-0.25, -0.2) is 0 Å². The summed E-state index contributed by atoms with van der Waals surface area (Å²) in [5.41, 5.74) is 6.17. The summed E-state index contributed by atoms with van der Waals surface area (Å²) in [6.07, 6.45) is 1.09. The van der Waals surface area contributed by atoms with Crippen molar-refractivity contribution >= 4 is 0 Å². The first kappa shape index (κ1) is 12.0. The van der Waals surface area contributed by atoms with Gasteiger partial charge in [0.2, 0.25) is 0 Å². The molecular formula is C11H24N2O. The molecule has 1 heterocycles. The first-order valence-corrected chi connectivity index (χ1v) is 5.55. The topological polar surface area (TPSA) is 38.5 Å². The Labute approximate surface area is 87.6 Å². The molecular weight excluding hydrogens is 176 g/mol. The maximum Gasteiger partial charge on any atom is 0.0594 e. The summed E-state index contributed by atoms with van der Waals surface area (Å²) in [6, 6.07) is 0.297. The number of nitrogens with two attached hydrogens (primary N) is 1. The van der Waals surface area contributed by atoms with Crippen LogP contribution in [0.3, 0.4) is 0 Å². The first-order valence-electron chi connectivity index (χ1n) is 5.55. The summed E-state index contributed by atoms with van der Waals surface area (Å²) in [5, 5.41) is 0. The summed E-state index contributed by atoms with van der Waals surface area (Å²) in [5.74, 6) is 0. The van der Waals surface area contributed by atoms with Crippen molar-refractivity contribution in [2.45, 2.75) is 33.2 Å². The molecule has 1 aliphatic rings. The molecule has 1 aliphatic heterocycles. The minimum absolute atomic E-state index is 0.297. The second-order valence-corrected chi connectivity index (χ2v) is 5.23. The summed E-state index contributed by atoms with van der Waals surface area (Å²) in [7, 11) is 0. The molecule has 0 bridgehead atoms. The lowest BCUT2D eigenvalue weighted by molar-refractivity contribution is 0.0193. The summed E-state index contributed by atoms with van der Waals surface area (Å²) in [6.45, 7) is 11.7. The average Bonchev–Trinajstić information content (AvgIpc) is 2.02. The van der Waals surface area contributed by atoms with Crippen molar-refractivity contribution in [3.63, 3.8) is 0 Å². The van der Waals surface area contributed by atoms with Crippen molar-refractivity contribution in [3.05, 3.63) is 0 Å². The fraction of sp³-hybridized carbons (Fsp3) is 1.00. The van der Waals surface area contributed by atoms with Gasteiger partial charge < -0.3 is 10.5 Å². The van der Waals surface area contributed by atoms with E-state index < -0.39 is 0 Å². The van der Waals surface area contributed by atoms with Crippen molar-refractivity contribution in [3.8, 4) is 0 Å². The van der Waals surface area contributed by atoms with Crippen molar-refractivity contribution in [2.75, 3.05) is 32.8 Å². The van der Waals surface area contributed by atoms with Crippen LogP contribution >= 0.6 is 0 Å². The third-order valence-corrected chi connectivity index (χ3v) is 2.63. The fourth-order valence-corrected chi connectivity index (χ4v) is 2.30. The van der Waals surface area contributed by atoms with Crippen molar-refractivity contribution < 1.29 is 4.74 Å². The molecule has 1 unspecified atom stereocenters. The van der Waals surface area contributed by atoms with Gasteiger partial charge in [0.25, 0.3) is 0 Å². The van der Waals surface area contributed by atoms with E-state index in [1.54, 1.807) is 0 Å². The van der Waals surface area contributed by atoms with E-state index in [2.05, 4.69) is 25.7 Å². The molecule has 0 aliphatic carbocycles. The summed E-state index contributed by atoms with van der Waals surface area (Å²) >= 11 is 0. The van der Waals surface area contributed by atoms with Crippen molar-refractivity contribution in [2.24, 2.45) is 11.1 Å². The van der Waals surface area contributed by atoms with Crippen molar-refractivity contribution in [1.82, 2.24) is 4.90 Å². The van der Waals surface area contributed by atoms with Gasteiger partial charge >= 0.3 is 0 Å².